The van der Waals surface area contributed by atoms with Crippen LogP contribution in [-0.4, -0.2) is 62.9 Å². The molecular weight excluding hydrogens is 536 g/mol. The van der Waals surface area contributed by atoms with E-state index in [1.54, 1.807) is 0 Å². The van der Waals surface area contributed by atoms with Gasteiger partial charge in [-0.25, -0.2) is 0 Å². The highest BCUT2D eigenvalue weighted by atomic mass is 16.3. The van der Waals surface area contributed by atoms with E-state index in [1.165, 1.54) is 5.56 Å². The molecule has 43 heavy (non-hydrogen) atoms. The second kappa shape index (κ2) is 11.7. The SMILES string of the molecule is Cc1ccc(N2CCC[C@H](N(Cc3ccnc(C)c3)Cc3cn(C4CC4)c4cc(N5CC[C@@H](O)C5)ccc4c3=O)C2)cn1. The van der Waals surface area contributed by atoms with Crippen LogP contribution in [0.5, 0.6) is 0 Å². The van der Waals surface area contributed by atoms with E-state index in [0.717, 1.165) is 97.5 Å². The van der Waals surface area contributed by atoms with E-state index in [2.05, 4.69) is 71.8 Å². The van der Waals surface area contributed by atoms with Gasteiger partial charge in [0, 0.05) is 91.8 Å². The number of nitrogens with zero attached hydrogens (tertiary/aromatic N) is 6. The van der Waals surface area contributed by atoms with Crippen molar-refractivity contribution in [2.45, 2.75) is 77.2 Å². The Balaban J connectivity index is 1.23. The van der Waals surface area contributed by atoms with Crippen LogP contribution in [0, 0.1) is 13.8 Å². The molecule has 0 unspecified atom stereocenters. The Labute approximate surface area is 253 Å². The molecule has 1 aliphatic carbocycles. The van der Waals surface area contributed by atoms with Crippen LogP contribution in [0.1, 0.15) is 60.7 Å². The van der Waals surface area contributed by atoms with E-state index in [-0.39, 0.29) is 11.5 Å². The first-order chi connectivity index (χ1) is 20.9. The van der Waals surface area contributed by atoms with Gasteiger partial charge < -0.3 is 19.5 Å². The maximum atomic E-state index is 14.1. The highest BCUT2D eigenvalue weighted by molar-refractivity contribution is 5.83. The number of anilines is 2. The largest absolute Gasteiger partial charge is 0.391 e. The Hall–Kier alpha value is -3.75. The first-order valence-electron chi connectivity index (χ1n) is 15.9. The lowest BCUT2D eigenvalue weighted by Gasteiger charge is -2.40. The van der Waals surface area contributed by atoms with Gasteiger partial charge in [-0.05, 0) is 94.0 Å². The number of fused-ring (bicyclic) bond motifs is 1. The van der Waals surface area contributed by atoms with Crippen LogP contribution >= 0.6 is 0 Å². The third-order valence-corrected chi connectivity index (χ3v) is 9.45. The number of aryl methyl sites for hydroxylation is 2. The lowest BCUT2D eigenvalue weighted by molar-refractivity contribution is 0.158. The summed E-state index contributed by atoms with van der Waals surface area (Å²) in [4.78, 5) is 30.3. The van der Waals surface area contributed by atoms with Crippen LogP contribution in [0.3, 0.4) is 0 Å². The van der Waals surface area contributed by atoms with Gasteiger partial charge in [-0.15, -0.1) is 0 Å². The number of pyridine rings is 3. The van der Waals surface area contributed by atoms with Crippen LogP contribution in [-0.2, 0) is 13.1 Å². The van der Waals surface area contributed by atoms with Gasteiger partial charge in [0.25, 0.3) is 0 Å². The molecule has 1 N–H and O–H groups in total. The molecule has 3 fully saturated rings. The van der Waals surface area contributed by atoms with E-state index < -0.39 is 0 Å². The van der Waals surface area contributed by atoms with Crippen molar-refractivity contribution < 1.29 is 5.11 Å². The van der Waals surface area contributed by atoms with Crippen LogP contribution in [0.2, 0.25) is 0 Å². The number of aliphatic hydroxyl groups excluding tert-OH is 1. The quantitative estimate of drug-likeness (QED) is 0.316. The van der Waals surface area contributed by atoms with Crippen molar-refractivity contribution in [2.24, 2.45) is 0 Å². The van der Waals surface area contributed by atoms with Crippen molar-refractivity contribution in [3.05, 3.63) is 93.8 Å². The molecule has 0 bridgehead atoms. The molecule has 7 rings (SSSR count). The third kappa shape index (κ3) is 6.04. The fourth-order valence-corrected chi connectivity index (χ4v) is 6.94. The number of aromatic nitrogens is 3. The Morgan fingerprint density at radius 3 is 2.47 bits per heavy atom. The zero-order valence-electron chi connectivity index (χ0n) is 25.3. The number of rotatable bonds is 8. The molecule has 2 saturated heterocycles. The fraction of sp³-hybridized carbons (Fsp3) is 0.457. The van der Waals surface area contributed by atoms with E-state index in [4.69, 9.17) is 0 Å². The monoisotopic (exact) mass is 578 g/mol. The molecule has 4 aromatic rings. The summed E-state index contributed by atoms with van der Waals surface area (Å²) in [5, 5.41) is 10.9. The van der Waals surface area contributed by atoms with E-state index in [0.29, 0.717) is 25.2 Å². The lowest BCUT2D eigenvalue weighted by atomic mass is 10.0. The van der Waals surface area contributed by atoms with E-state index >= 15 is 0 Å². The second-order valence-corrected chi connectivity index (χ2v) is 12.8. The fourth-order valence-electron chi connectivity index (χ4n) is 6.94. The molecule has 1 saturated carbocycles. The predicted octanol–water partition coefficient (Wildman–Crippen LogP) is 4.99. The molecule has 3 aliphatic rings. The van der Waals surface area contributed by atoms with Gasteiger partial charge >= 0.3 is 0 Å². The molecular formula is C35H42N6O2. The molecule has 5 heterocycles. The summed E-state index contributed by atoms with van der Waals surface area (Å²) in [5.74, 6) is 0. The summed E-state index contributed by atoms with van der Waals surface area (Å²) in [6.45, 7) is 8.86. The van der Waals surface area contributed by atoms with Crippen molar-refractivity contribution in [3.63, 3.8) is 0 Å². The molecule has 8 heteroatoms. The smallest absolute Gasteiger partial charge is 0.193 e. The summed E-state index contributed by atoms with van der Waals surface area (Å²) >= 11 is 0. The summed E-state index contributed by atoms with van der Waals surface area (Å²) in [6.07, 6.45) is 11.0. The minimum Gasteiger partial charge on any atom is -0.391 e. The van der Waals surface area contributed by atoms with Crippen molar-refractivity contribution in [1.29, 1.82) is 0 Å². The zero-order chi connectivity index (χ0) is 29.5. The number of aliphatic hydroxyl groups is 1. The number of piperidine rings is 1. The molecule has 3 aromatic heterocycles. The predicted molar refractivity (Wildman–Crippen MR) is 172 cm³/mol. The molecule has 2 aliphatic heterocycles. The van der Waals surface area contributed by atoms with Crippen LogP contribution < -0.4 is 15.2 Å². The summed E-state index contributed by atoms with van der Waals surface area (Å²) in [7, 11) is 0. The molecule has 224 valence electrons. The van der Waals surface area contributed by atoms with Crippen molar-refractivity contribution in [2.75, 3.05) is 36.0 Å². The maximum absolute atomic E-state index is 14.1. The Morgan fingerprint density at radius 2 is 1.72 bits per heavy atom. The van der Waals surface area contributed by atoms with Gasteiger partial charge in [-0.1, -0.05) is 0 Å². The number of benzene rings is 1. The Morgan fingerprint density at radius 1 is 0.884 bits per heavy atom. The van der Waals surface area contributed by atoms with Crippen molar-refractivity contribution >= 4 is 22.3 Å². The van der Waals surface area contributed by atoms with Crippen molar-refractivity contribution in [1.82, 2.24) is 19.4 Å². The van der Waals surface area contributed by atoms with Gasteiger partial charge in [-0.2, -0.15) is 0 Å². The average molecular weight is 579 g/mol. The van der Waals surface area contributed by atoms with Crippen LogP contribution in [0.25, 0.3) is 10.9 Å². The van der Waals surface area contributed by atoms with E-state index in [9.17, 15) is 9.90 Å². The third-order valence-electron chi connectivity index (χ3n) is 9.45. The minimum atomic E-state index is -0.281. The topological polar surface area (TPSA) is 77.7 Å². The van der Waals surface area contributed by atoms with Gasteiger partial charge in [0.1, 0.15) is 0 Å². The highest BCUT2D eigenvalue weighted by Gasteiger charge is 2.30. The minimum absolute atomic E-state index is 0.131. The van der Waals surface area contributed by atoms with Gasteiger partial charge in [0.15, 0.2) is 5.43 Å². The first kappa shape index (κ1) is 28.0. The number of hydrogen-bond donors (Lipinski definition) is 1. The second-order valence-electron chi connectivity index (χ2n) is 12.8. The molecule has 2 atom stereocenters. The molecule has 8 nitrogen and oxygen atoms in total. The highest BCUT2D eigenvalue weighted by Crippen LogP contribution is 2.38. The zero-order valence-corrected chi connectivity index (χ0v) is 25.3. The number of hydrogen-bond acceptors (Lipinski definition) is 7. The molecule has 0 amide bonds. The van der Waals surface area contributed by atoms with Crippen molar-refractivity contribution in [3.8, 4) is 0 Å². The molecule has 1 aromatic carbocycles. The van der Waals surface area contributed by atoms with Crippen LogP contribution in [0.4, 0.5) is 11.4 Å². The van der Waals surface area contributed by atoms with Crippen LogP contribution in [0.15, 0.2) is 65.8 Å². The van der Waals surface area contributed by atoms with Gasteiger partial charge in [0.05, 0.1) is 23.5 Å². The van der Waals surface area contributed by atoms with Gasteiger partial charge in [0.2, 0.25) is 0 Å². The van der Waals surface area contributed by atoms with Gasteiger partial charge in [-0.3, -0.25) is 19.7 Å². The normalized spacial score (nSPS) is 20.8. The summed E-state index contributed by atoms with van der Waals surface area (Å²) in [6, 6.07) is 15.5. The summed E-state index contributed by atoms with van der Waals surface area (Å²) in [5.41, 5.74) is 7.53. The first-order valence-corrected chi connectivity index (χ1v) is 15.9. The number of β-amino-alcohol motifs (C(OH)–C–C–N with tert-alkyl or cyclic N) is 1. The maximum Gasteiger partial charge on any atom is 0.193 e. The Kier molecular flexibility index (Phi) is 7.65. The lowest BCUT2D eigenvalue weighted by Crippen LogP contribution is -2.48. The Bertz CT molecular complexity index is 1660. The molecule has 0 radical (unpaired) electrons. The molecule has 0 spiro atoms. The van der Waals surface area contributed by atoms with E-state index in [1.807, 2.05) is 32.3 Å². The summed E-state index contributed by atoms with van der Waals surface area (Å²) < 4.78 is 2.36. The standard InChI is InChI=1S/C35H42N6O2/c1-24-5-6-30(18-37-24)38-14-3-4-31(22-38)40(19-26-11-13-36-25(2)16-26)20-27-21-41(28-7-8-28)34-17-29(9-10-33(34)35(27)43)39-15-12-32(42)23-39/h5-6,9-11,13,16-18,21,28,31-32,42H,3-4,7-8,12,14-15,19-20,22-23H2,1-2H3/t31-,32+/m0/s1. The average Bonchev–Trinajstić information content (AvgIpc) is 3.77.